The molecule has 1 heterocycles. The van der Waals surface area contributed by atoms with Crippen molar-refractivity contribution in [2.75, 3.05) is 14.2 Å². The van der Waals surface area contributed by atoms with Gasteiger partial charge in [0.2, 0.25) is 0 Å². The third kappa shape index (κ3) is 3.21. The van der Waals surface area contributed by atoms with Crippen LogP contribution in [0, 0.1) is 0 Å². The largest absolute Gasteiger partial charge is 0.493 e. The van der Waals surface area contributed by atoms with Crippen molar-refractivity contribution in [3.8, 4) is 11.5 Å². The first-order valence-electron chi connectivity index (χ1n) is 5.79. The molecule has 1 unspecified atom stereocenters. The first kappa shape index (κ1) is 14.2. The third-order valence-electron chi connectivity index (χ3n) is 2.82. The second-order valence-electron chi connectivity index (χ2n) is 4.01. The lowest BCUT2D eigenvalue weighted by Crippen LogP contribution is -2.04. The van der Waals surface area contributed by atoms with Crippen molar-refractivity contribution in [3.63, 3.8) is 0 Å². The van der Waals surface area contributed by atoms with E-state index in [0.717, 1.165) is 9.21 Å². The van der Waals surface area contributed by atoms with Gasteiger partial charge in [-0.2, -0.15) is 0 Å². The molecule has 5 heteroatoms. The van der Waals surface area contributed by atoms with Gasteiger partial charge in [-0.15, -0.1) is 11.3 Å². The van der Waals surface area contributed by atoms with E-state index in [-0.39, 0.29) is 0 Å². The molecule has 1 aromatic carbocycles. The molecule has 0 saturated carbocycles. The van der Waals surface area contributed by atoms with Crippen molar-refractivity contribution in [2.45, 2.75) is 12.5 Å². The van der Waals surface area contributed by atoms with E-state index in [2.05, 4.69) is 0 Å². The number of rotatable bonds is 5. The predicted molar refractivity (Wildman–Crippen MR) is 77.5 cm³/mol. The van der Waals surface area contributed by atoms with Crippen LogP contribution in [0.15, 0.2) is 30.3 Å². The van der Waals surface area contributed by atoms with E-state index in [0.29, 0.717) is 23.5 Å². The van der Waals surface area contributed by atoms with Crippen LogP contribution in [-0.4, -0.2) is 19.3 Å². The molecule has 1 atom stereocenters. The van der Waals surface area contributed by atoms with Gasteiger partial charge in [0.15, 0.2) is 11.5 Å². The molecule has 19 heavy (non-hydrogen) atoms. The molecular formula is C14H15ClO3S. The minimum Gasteiger partial charge on any atom is -0.493 e. The number of para-hydroxylation sites is 1. The summed E-state index contributed by atoms with van der Waals surface area (Å²) in [6, 6.07) is 9.22. The summed E-state index contributed by atoms with van der Waals surface area (Å²) in [5.74, 6) is 1.18. The lowest BCUT2D eigenvalue weighted by molar-refractivity contribution is 0.174. The molecule has 2 aromatic rings. The molecule has 0 saturated heterocycles. The average Bonchev–Trinajstić information content (AvgIpc) is 2.82. The number of methoxy groups -OCH3 is 2. The highest BCUT2D eigenvalue weighted by atomic mass is 35.5. The summed E-state index contributed by atoms with van der Waals surface area (Å²) in [5, 5.41) is 10.3. The number of hydrogen-bond acceptors (Lipinski definition) is 4. The van der Waals surface area contributed by atoms with Crippen molar-refractivity contribution >= 4 is 22.9 Å². The lowest BCUT2D eigenvalue weighted by atomic mass is 10.0. The fourth-order valence-corrected chi connectivity index (χ4v) is 3.06. The highest BCUT2D eigenvalue weighted by Gasteiger charge is 2.18. The second-order valence-corrected chi connectivity index (χ2v) is 5.81. The first-order chi connectivity index (χ1) is 9.15. The third-order valence-corrected chi connectivity index (χ3v) is 4.07. The van der Waals surface area contributed by atoms with Gasteiger partial charge in [0, 0.05) is 16.9 Å². The fraction of sp³-hybridized carbons (Fsp3) is 0.286. The molecule has 0 bridgehead atoms. The minimum absolute atomic E-state index is 0.501. The summed E-state index contributed by atoms with van der Waals surface area (Å²) in [4.78, 5) is 1.03. The van der Waals surface area contributed by atoms with Crippen LogP contribution in [0.1, 0.15) is 16.5 Å². The highest BCUT2D eigenvalue weighted by molar-refractivity contribution is 7.16. The van der Waals surface area contributed by atoms with Crippen LogP contribution in [0.5, 0.6) is 11.5 Å². The number of ether oxygens (including phenoxy) is 2. The van der Waals surface area contributed by atoms with Crippen LogP contribution in [-0.2, 0) is 6.42 Å². The Kier molecular flexibility index (Phi) is 4.69. The van der Waals surface area contributed by atoms with Crippen molar-refractivity contribution in [1.82, 2.24) is 0 Å². The maximum absolute atomic E-state index is 10.3. The van der Waals surface area contributed by atoms with E-state index in [1.54, 1.807) is 20.3 Å². The molecule has 0 spiro atoms. The molecule has 1 aromatic heterocycles. The van der Waals surface area contributed by atoms with E-state index < -0.39 is 6.10 Å². The summed E-state index contributed by atoms with van der Waals surface area (Å²) < 4.78 is 11.3. The maximum atomic E-state index is 10.3. The van der Waals surface area contributed by atoms with Gasteiger partial charge in [-0.1, -0.05) is 23.7 Å². The molecule has 0 aliphatic carbocycles. The molecule has 0 aliphatic heterocycles. The summed E-state index contributed by atoms with van der Waals surface area (Å²) in [7, 11) is 3.14. The Balaban J connectivity index is 2.25. The Labute approximate surface area is 121 Å². The molecule has 0 aliphatic rings. The summed E-state index contributed by atoms with van der Waals surface area (Å²) in [6.07, 6.45) is -0.152. The Morgan fingerprint density at radius 2 is 2.00 bits per heavy atom. The van der Waals surface area contributed by atoms with Gasteiger partial charge < -0.3 is 14.6 Å². The molecule has 2 rings (SSSR count). The minimum atomic E-state index is -0.653. The fourth-order valence-electron chi connectivity index (χ4n) is 1.94. The Bertz CT molecular complexity index is 553. The Morgan fingerprint density at radius 3 is 2.58 bits per heavy atom. The van der Waals surface area contributed by atoms with E-state index in [9.17, 15) is 5.11 Å². The van der Waals surface area contributed by atoms with E-state index >= 15 is 0 Å². The summed E-state index contributed by atoms with van der Waals surface area (Å²) in [6.45, 7) is 0. The number of hydrogen-bond donors (Lipinski definition) is 1. The highest BCUT2D eigenvalue weighted by Crippen LogP contribution is 2.36. The van der Waals surface area contributed by atoms with Crippen LogP contribution < -0.4 is 9.47 Å². The predicted octanol–water partition coefficient (Wildman–Crippen LogP) is 3.69. The van der Waals surface area contributed by atoms with Crippen molar-refractivity contribution in [3.05, 3.63) is 45.1 Å². The smallest absolute Gasteiger partial charge is 0.166 e. The number of halogens is 1. The zero-order valence-corrected chi connectivity index (χ0v) is 12.3. The van der Waals surface area contributed by atoms with Crippen LogP contribution in [0.2, 0.25) is 4.34 Å². The van der Waals surface area contributed by atoms with Gasteiger partial charge in [-0.3, -0.25) is 0 Å². The monoisotopic (exact) mass is 298 g/mol. The number of aliphatic hydroxyl groups excluding tert-OH is 1. The second kappa shape index (κ2) is 6.28. The molecule has 102 valence electrons. The molecule has 3 nitrogen and oxygen atoms in total. The molecular weight excluding hydrogens is 284 g/mol. The zero-order valence-electron chi connectivity index (χ0n) is 10.7. The summed E-state index contributed by atoms with van der Waals surface area (Å²) >= 11 is 7.36. The molecule has 0 radical (unpaired) electrons. The van der Waals surface area contributed by atoms with Gasteiger partial charge in [-0.25, -0.2) is 0 Å². The average molecular weight is 299 g/mol. The SMILES string of the molecule is COc1cccc(C(O)Cc2ccc(Cl)s2)c1OC. The van der Waals surface area contributed by atoms with Gasteiger partial charge >= 0.3 is 0 Å². The number of benzene rings is 1. The van der Waals surface area contributed by atoms with Crippen LogP contribution in [0.3, 0.4) is 0 Å². The van der Waals surface area contributed by atoms with Gasteiger partial charge in [0.1, 0.15) is 0 Å². The maximum Gasteiger partial charge on any atom is 0.166 e. The standard InChI is InChI=1S/C14H15ClO3S/c1-17-12-5-3-4-10(14(12)18-2)11(16)8-9-6-7-13(15)19-9/h3-7,11,16H,8H2,1-2H3. The molecule has 0 fully saturated rings. The van der Waals surface area contributed by atoms with Crippen molar-refractivity contribution in [1.29, 1.82) is 0 Å². The molecule has 1 N–H and O–H groups in total. The van der Waals surface area contributed by atoms with Gasteiger partial charge in [-0.05, 0) is 18.2 Å². The number of thiophene rings is 1. The van der Waals surface area contributed by atoms with E-state index in [4.69, 9.17) is 21.1 Å². The Hall–Kier alpha value is -1.23. The zero-order chi connectivity index (χ0) is 13.8. The van der Waals surface area contributed by atoms with Gasteiger partial charge in [0.25, 0.3) is 0 Å². The van der Waals surface area contributed by atoms with Crippen molar-refractivity contribution < 1.29 is 14.6 Å². The normalized spacial score (nSPS) is 12.2. The van der Waals surface area contributed by atoms with Crippen molar-refractivity contribution in [2.24, 2.45) is 0 Å². The van der Waals surface area contributed by atoms with E-state index in [1.165, 1.54) is 11.3 Å². The Morgan fingerprint density at radius 1 is 1.21 bits per heavy atom. The van der Waals surface area contributed by atoms with Crippen LogP contribution in [0.25, 0.3) is 0 Å². The van der Waals surface area contributed by atoms with Crippen LogP contribution in [0.4, 0.5) is 0 Å². The lowest BCUT2D eigenvalue weighted by Gasteiger charge is -2.16. The molecule has 0 amide bonds. The topological polar surface area (TPSA) is 38.7 Å². The van der Waals surface area contributed by atoms with E-state index in [1.807, 2.05) is 24.3 Å². The summed E-state index contributed by atoms with van der Waals surface area (Å²) in [5.41, 5.74) is 0.714. The van der Waals surface area contributed by atoms with Gasteiger partial charge in [0.05, 0.1) is 24.7 Å². The van der Waals surface area contributed by atoms with Crippen LogP contribution >= 0.6 is 22.9 Å². The quantitative estimate of drug-likeness (QED) is 0.915. The number of aliphatic hydroxyl groups is 1. The first-order valence-corrected chi connectivity index (χ1v) is 6.98.